The highest BCUT2D eigenvalue weighted by Crippen LogP contribution is 2.52. The lowest BCUT2D eigenvalue weighted by Gasteiger charge is -2.31. The monoisotopic (exact) mass is 843 g/mol. The largest absolute Gasteiger partial charge is 0.472 e. The number of phosphoric acid groups is 1. The Bertz CT molecular complexity index is 1840. The molecule has 1 aromatic carbocycles. The summed E-state index contributed by atoms with van der Waals surface area (Å²) in [5, 5.41) is 13.7. The molecule has 1 unspecified atom stereocenters. The average molecular weight is 844 g/mol. The van der Waals surface area contributed by atoms with Crippen molar-refractivity contribution in [2.24, 2.45) is 0 Å². The van der Waals surface area contributed by atoms with Crippen molar-refractivity contribution in [2.75, 3.05) is 18.9 Å². The predicted octanol–water partition coefficient (Wildman–Crippen LogP) is 10.4. The van der Waals surface area contributed by atoms with Gasteiger partial charge in [0.25, 0.3) is 0 Å². The summed E-state index contributed by atoms with van der Waals surface area (Å²) in [6.07, 6.45) is 20.9. The molecular weight excluding hydrogens is 776 g/mol. The minimum Gasteiger partial charge on any atom is -0.382 e. The molecule has 2 fully saturated rings. The number of benzene rings is 1. The number of anilines is 1. The van der Waals surface area contributed by atoms with Crippen LogP contribution in [0.2, 0.25) is 0 Å². The van der Waals surface area contributed by atoms with E-state index in [0.717, 1.165) is 31.7 Å². The lowest BCUT2D eigenvalue weighted by molar-refractivity contribution is -0.212. The summed E-state index contributed by atoms with van der Waals surface area (Å²) in [5.74, 6) is -1.18. The Morgan fingerprint density at radius 2 is 1.54 bits per heavy atom. The fraction of sp³-hybridized carbons (Fsp3) is 0.705. The summed E-state index contributed by atoms with van der Waals surface area (Å²) in [7, 11) is -4.63. The summed E-state index contributed by atoms with van der Waals surface area (Å²) in [4.78, 5) is 15.0. The number of nitriles is 1. The number of halogens is 1. The molecule has 0 saturated carbocycles. The van der Waals surface area contributed by atoms with Gasteiger partial charge in [0.05, 0.1) is 43.3 Å². The van der Waals surface area contributed by atoms with Crippen molar-refractivity contribution in [2.45, 2.75) is 186 Å². The summed E-state index contributed by atoms with van der Waals surface area (Å²) in [6.45, 7) is 7.03. The molecule has 2 saturated heterocycles. The number of hydrogen-bond donors (Lipinski definition) is 2. The van der Waals surface area contributed by atoms with Crippen molar-refractivity contribution in [3.8, 4) is 6.07 Å². The Labute approximate surface area is 350 Å². The van der Waals surface area contributed by atoms with Gasteiger partial charge in [0, 0.05) is 0 Å². The van der Waals surface area contributed by atoms with Gasteiger partial charge < -0.3 is 29.6 Å². The van der Waals surface area contributed by atoms with E-state index >= 15 is 0 Å². The maximum absolute atomic E-state index is 14.2. The Hall–Kier alpha value is -2.99. The SMILES string of the molecule is CCCCCCCCCCCCCCCCCCC[C@H](COP(=O)(O)OC[C@@]1(C)O[C@@H](c2ccc3c(N)ncnn23)[C@@H]2OC(C)(C)O[C@@H]21)OCc1cc(F)cc(C#N)c1. The van der Waals surface area contributed by atoms with Gasteiger partial charge >= 0.3 is 7.82 Å². The zero-order valence-electron chi connectivity index (χ0n) is 35.6. The third-order valence-corrected chi connectivity index (χ3v) is 12.3. The number of hydrogen-bond acceptors (Lipinski definition) is 11. The van der Waals surface area contributed by atoms with Crippen LogP contribution in [-0.2, 0) is 39.2 Å². The molecule has 13 nitrogen and oxygen atoms in total. The molecule has 0 aliphatic carbocycles. The number of phosphoric ester groups is 1. The van der Waals surface area contributed by atoms with Crippen LogP contribution in [-0.4, -0.2) is 62.4 Å². The van der Waals surface area contributed by atoms with E-state index in [2.05, 4.69) is 17.0 Å². The minimum absolute atomic E-state index is 0.00446. The van der Waals surface area contributed by atoms with Gasteiger partial charge in [0.15, 0.2) is 11.6 Å². The molecule has 2 aromatic heterocycles. The van der Waals surface area contributed by atoms with Gasteiger partial charge in [-0.3, -0.25) is 9.05 Å². The van der Waals surface area contributed by atoms with Gasteiger partial charge in [-0.25, -0.2) is 18.5 Å². The molecule has 5 rings (SSSR count). The zero-order chi connectivity index (χ0) is 42.3. The van der Waals surface area contributed by atoms with Gasteiger partial charge in [-0.05, 0) is 63.1 Å². The van der Waals surface area contributed by atoms with Crippen LogP contribution in [0.4, 0.5) is 10.2 Å². The van der Waals surface area contributed by atoms with E-state index in [0.29, 0.717) is 29.0 Å². The van der Waals surface area contributed by atoms with Gasteiger partial charge in [0.2, 0.25) is 0 Å². The predicted molar refractivity (Wildman–Crippen MR) is 224 cm³/mol. The van der Waals surface area contributed by atoms with Crippen molar-refractivity contribution in [1.82, 2.24) is 14.6 Å². The Morgan fingerprint density at radius 3 is 2.17 bits per heavy atom. The van der Waals surface area contributed by atoms with Crippen LogP contribution in [0, 0.1) is 17.1 Å². The molecule has 0 bridgehead atoms. The summed E-state index contributed by atoms with van der Waals surface area (Å²) in [6, 6.07) is 9.62. The zero-order valence-corrected chi connectivity index (χ0v) is 36.5. The topological polar surface area (TPSA) is 173 Å². The third kappa shape index (κ3) is 14.3. The molecule has 0 amide bonds. The summed E-state index contributed by atoms with van der Waals surface area (Å²) < 4.78 is 65.5. The van der Waals surface area contributed by atoms with Crippen LogP contribution in [0.1, 0.15) is 166 Å². The van der Waals surface area contributed by atoms with Gasteiger partial charge in [-0.15, -0.1) is 0 Å². The number of nitrogens with zero attached hydrogens (tertiary/aromatic N) is 4. The molecule has 0 spiro atoms. The highest BCUT2D eigenvalue weighted by atomic mass is 31.2. The number of nitrogen functional groups attached to an aromatic ring is 1. The number of aromatic nitrogens is 3. The van der Waals surface area contributed by atoms with Crippen molar-refractivity contribution >= 4 is 19.2 Å². The number of ether oxygens (including phenoxy) is 4. The van der Waals surface area contributed by atoms with Gasteiger partial charge in [-0.1, -0.05) is 116 Å². The molecule has 2 aliphatic rings. The van der Waals surface area contributed by atoms with E-state index in [9.17, 15) is 19.1 Å². The Morgan fingerprint density at radius 1 is 0.915 bits per heavy atom. The maximum Gasteiger partial charge on any atom is 0.472 e. The second-order valence-electron chi connectivity index (χ2n) is 16.9. The van der Waals surface area contributed by atoms with E-state index in [-0.39, 0.29) is 25.4 Å². The van der Waals surface area contributed by atoms with E-state index in [4.69, 9.17) is 33.7 Å². The third-order valence-electron chi connectivity index (χ3n) is 11.4. The van der Waals surface area contributed by atoms with E-state index in [1.165, 1.54) is 95.9 Å². The van der Waals surface area contributed by atoms with Crippen LogP contribution in [0.3, 0.4) is 0 Å². The van der Waals surface area contributed by atoms with E-state index < -0.39 is 49.4 Å². The molecule has 6 atom stereocenters. The number of rotatable bonds is 28. The first-order valence-electron chi connectivity index (χ1n) is 21.9. The second kappa shape index (κ2) is 22.7. The van der Waals surface area contributed by atoms with Crippen molar-refractivity contribution in [3.05, 3.63) is 59.3 Å². The molecule has 4 heterocycles. The van der Waals surface area contributed by atoms with Crippen LogP contribution >= 0.6 is 7.82 Å². The molecule has 3 N–H and O–H groups in total. The first kappa shape index (κ1) is 47.1. The first-order valence-corrected chi connectivity index (χ1v) is 23.4. The Kier molecular flexibility index (Phi) is 18.1. The highest BCUT2D eigenvalue weighted by Gasteiger charge is 2.62. The van der Waals surface area contributed by atoms with Gasteiger partial charge in [-0.2, -0.15) is 10.4 Å². The fourth-order valence-electron chi connectivity index (χ4n) is 8.19. The summed E-state index contributed by atoms with van der Waals surface area (Å²) in [5.41, 5.74) is 6.79. The molecule has 15 heteroatoms. The number of fused-ring (bicyclic) bond motifs is 2. The average Bonchev–Trinajstić information content (AvgIpc) is 3.86. The lowest BCUT2D eigenvalue weighted by Crippen LogP contribution is -2.44. The van der Waals surface area contributed by atoms with Crippen LogP contribution < -0.4 is 5.73 Å². The minimum atomic E-state index is -4.63. The molecule has 59 heavy (non-hydrogen) atoms. The second-order valence-corrected chi connectivity index (χ2v) is 18.4. The molecule has 328 valence electrons. The maximum atomic E-state index is 14.2. The quantitative estimate of drug-likeness (QED) is 0.0524. The van der Waals surface area contributed by atoms with Crippen LogP contribution in [0.15, 0.2) is 36.7 Å². The summed E-state index contributed by atoms with van der Waals surface area (Å²) >= 11 is 0. The number of nitrogens with two attached hydrogens (primary N) is 1. The highest BCUT2D eigenvalue weighted by molar-refractivity contribution is 7.47. The van der Waals surface area contributed by atoms with Crippen molar-refractivity contribution < 1.29 is 41.8 Å². The van der Waals surface area contributed by atoms with Gasteiger partial charge in [0.1, 0.15) is 41.6 Å². The standard InChI is InChI=1S/C44H67FN5O8P/c1-5-6-7-8-9-10-11-12-13-14-15-16-17-18-19-20-21-22-36(53-29-34-25-33(28-46)26-35(45)27-34)30-54-59(51,52)55-31-44(4)41-40(56-43(2,3)58-41)39(57-44)37-23-24-38-42(47)48-32-49-50(37)38/h23-27,32,36,39-41H,5-22,29-31H2,1-4H3,(H,51,52)(H2,47,48,49)/t36-,39+,40+,41+,44-/m1/s1. The fourth-order valence-corrected chi connectivity index (χ4v) is 9.04. The van der Waals surface area contributed by atoms with Crippen molar-refractivity contribution in [3.63, 3.8) is 0 Å². The number of unbranched alkanes of at least 4 members (excludes halogenated alkanes) is 16. The molecule has 2 aliphatic heterocycles. The Balaban J connectivity index is 1.08. The van der Waals surface area contributed by atoms with Crippen molar-refractivity contribution in [1.29, 1.82) is 5.26 Å². The molecular formula is C44H67FN5O8P. The lowest BCUT2D eigenvalue weighted by atomic mass is 9.97. The van der Waals surface area contributed by atoms with Crippen LogP contribution in [0.5, 0.6) is 0 Å². The smallest absolute Gasteiger partial charge is 0.382 e. The first-order chi connectivity index (χ1) is 28.3. The normalized spacial score (nSPS) is 22.7. The molecule has 0 radical (unpaired) electrons. The molecule has 3 aromatic rings. The van der Waals surface area contributed by atoms with E-state index in [1.54, 1.807) is 37.4 Å². The van der Waals surface area contributed by atoms with E-state index in [1.807, 2.05) is 12.1 Å². The van der Waals surface area contributed by atoms with Crippen LogP contribution in [0.25, 0.3) is 5.52 Å².